The molecule has 0 radical (unpaired) electrons. The van der Waals surface area contributed by atoms with Gasteiger partial charge in [-0.25, -0.2) is 4.79 Å². The van der Waals surface area contributed by atoms with E-state index in [0.29, 0.717) is 5.02 Å². The van der Waals surface area contributed by atoms with Gasteiger partial charge in [0, 0.05) is 11.1 Å². The Kier molecular flexibility index (Phi) is 3.27. The molecule has 0 spiro atoms. The van der Waals surface area contributed by atoms with Crippen LogP contribution in [0, 0.1) is 0 Å². The first-order valence-electron chi connectivity index (χ1n) is 4.88. The third-order valence-electron chi connectivity index (χ3n) is 2.35. The number of ether oxygens (including phenoxy) is 2. The summed E-state index contributed by atoms with van der Waals surface area (Å²) in [6, 6.07) is 7.47. The zero-order valence-electron chi connectivity index (χ0n) is 8.72. The van der Waals surface area contributed by atoms with Crippen molar-refractivity contribution < 1.29 is 14.3 Å². The van der Waals surface area contributed by atoms with Crippen LogP contribution < -0.4 is 0 Å². The highest BCUT2D eigenvalue weighted by molar-refractivity contribution is 6.30. The summed E-state index contributed by atoms with van der Waals surface area (Å²) in [5.74, 6) is -0.370. The van der Waals surface area contributed by atoms with Crippen LogP contribution in [-0.4, -0.2) is 19.2 Å². The van der Waals surface area contributed by atoms with Crippen LogP contribution in [0.4, 0.5) is 0 Å². The van der Waals surface area contributed by atoms with Crippen molar-refractivity contribution in [2.24, 2.45) is 0 Å². The van der Waals surface area contributed by atoms with Crippen LogP contribution in [0.3, 0.4) is 0 Å². The average molecular weight is 239 g/mol. The molecule has 2 atom stereocenters. The number of hydrogen-bond acceptors (Lipinski definition) is 3. The van der Waals surface area contributed by atoms with E-state index in [-0.39, 0.29) is 18.2 Å². The van der Waals surface area contributed by atoms with Crippen molar-refractivity contribution in [3.8, 4) is 0 Å². The Morgan fingerprint density at radius 2 is 2.12 bits per heavy atom. The molecule has 0 N–H and O–H groups in total. The Hall–Kier alpha value is -1.32. The number of methoxy groups -OCH3 is 1. The molecule has 4 heteroatoms. The lowest BCUT2D eigenvalue weighted by atomic mass is 10.1. The minimum Gasteiger partial charge on any atom is -0.466 e. The van der Waals surface area contributed by atoms with Crippen molar-refractivity contribution in [1.29, 1.82) is 0 Å². The fourth-order valence-corrected chi connectivity index (χ4v) is 1.56. The molecule has 0 amide bonds. The van der Waals surface area contributed by atoms with Gasteiger partial charge >= 0.3 is 5.97 Å². The highest BCUT2D eigenvalue weighted by atomic mass is 35.5. The number of rotatable bonds is 3. The maximum absolute atomic E-state index is 10.8. The van der Waals surface area contributed by atoms with Gasteiger partial charge in [-0.3, -0.25) is 0 Å². The third-order valence-corrected chi connectivity index (χ3v) is 2.60. The smallest absolute Gasteiger partial charge is 0.330 e. The first-order chi connectivity index (χ1) is 7.70. The molecule has 0 saturated carbocycles. The van der Waals surface area contributed by atoms with Gasteiger partial charge in [0.2, 0.25) is 0 Å². The van der Waals surface area contributed by atoms with Crippen LogP contribution in [0.25, 0.3) is 0 Å². The highest BCUT2D eigenvalue weighted by Gasteiger charge is 2.37. The van der Waals surface area contributed by atoms with Gasteiger partial charge in [-0.15, -0.1) is 0 Å². The number of hydrogen-bond donors (Lipinski definition) is 0. The van der Waals surface area contributed by atoms with E-state index in [1.54, 1.807) is 6.08 Å². The van der Waals surface area contributed by atoms with Gasteiger partial charge in [0.1, 0.15) is 12.2 Å². The second kappa shape index (κ2) is 4.68. The third kappa shape index (κ3) is 2.62. The average Bonchev–Trinajstić information content (AvgIpc) is 3.06. The van der Waals surface area contributed by atoms with E-state index in [4.69, 9.17) is 16.3 Å². The molecule has 2 rings (SSSR count). The molecule has 1 fully saturated rings. The van der Waals surface area contributed by atoms with Gasteiger partial charge in [-0.05, 0) is 23.8 Å². The molecule has 0 aliphatic carbocycles. The normalized spacial score (nSPS) is 23.4. The summed E-state index contributed by atoms with van der Waals surface area (Å²) < 4.78 is 9.89. The first-order valence-corrected chi connectivity index (χ1v) is 5.25. The van der Waals surface area contributed by atoms with E-state index < -0.39 is 0 Å². The monoisotopic (exact) mass is 238 g/mol. The maximum atomic E-state index is 10.8. The zero-order chi connectivity index (χ0) is 11.5. The number of epoxide rings is 1. The Labute approximate surface area is 98.6 Å². The number of benzene rings is 1. The van der Waals surface area contributed by atoms with Crippen LogP contribution in [0.2, 0.25) is 5.02 Å². The van der Waals surface area contributed by atoms with E-state index >= 15 is 0 Å². The van der Waals surface area contributed by atoms with Crippen LogP contribution in [0.15, 0.2) is 36.4 Å². The van der Waals surface area contributed by atoms with Gasteiger partial charge in [0.15, 0.2) is 0 Å². The van der Waals surface area contributed by atoms with Crippen molar-refractivity contribution in [3.63, 3.8) is 0 Å². The van der Waals surface area contributed by atoms with Crippen molar-refractivity contribution in [3.05, 3.63) is 47.0 Å². The summed E-state index contributed by atoms with van der Waals surface area (Å²) >= 11 is 5.78. The Balaban J connectivity index is 1.94. The standard InChI is InChI=1S/C12H11ClO3/c1-15-11(14)7-6-10-12(16-10)8-2-4-9(13)5-3-8/h2-7,10,12H,1H3/b7-6+/t10-,12?/m0/s1. The Morgan fingerprint density at radius 1 is 1.44 bits per heavy atom. The number of carbonyl (C=O) groups excluding carboxylic acids is 1. The second-order valence-corrected chi connectivity index (χ2v) is 3.89. The fraction of sp³-hybridized carbons (Fsp3) is 0.250. The molecule has 1 aliphatic rings. The molecular weight excluding hydrogens is 228 g/mol. The summed E-state index contributed by atoms with van der Waals surface area (Å²) in [5.41, 5.74) is 1.06. The van der Waals surface area contributed by atoms with Crippen LogP contribution >= 0.6 is 11.6 Å². The molecule has 1 aromatic rings. The highest BCUT2D eigenvalue weighted by Crippen LogP contribution is 2.39. The fourth-order valence-electron chi connectivity index (χ4n) is 1.43. The molecule has 3 nitrogen and oxygen atoms in total. The molecule has 1 heterocycles. The van der Waals surface area contributed by atoms with Crippen molar-refractivity contribution >= 4 is 17.6 Å². The van der Waals surface area contributed by atoms with Gasteiger partial charge in [-0.1, -0.05) is 23.7 Å². The summed E-state index contributed by atoms with van der Waals surface area (Å²) in [6.45, 7) is 0. The number of halogens is 1. The van der Waals surface area contributed by atoms with E-state index in [2.05, 4.69) is 4.74 Å². The van der Waals surface area contributed by atoms with Crippen molar-refractivity contribution in [2.45, 2.75) is 12.2 Å². The molecule has 0 aromatic heterocycles. The Morgan fingerprint density at radius 3 is 2.75 bits per heavy atom. The summed E-state index contributed by atoms with van der Waals surface area (Å²) in [4.78, 5) is 10.8. The van der Waals surface area contributed by atoms with E-state index in [1.165, 1.54) is 13.2 Å². The van der Waals surface area contributed by atoms with Crippen molar-refractivity contribution in [1.82, 2.24) is 0 Å². The number of carbonyl (C=O) groups is 1. The summed E-state index contributed by atoms with van der Waals surface area (Å²) in [6.07, 6.45) is 3.06. The van der Waals surface area contributed by atoms with Gasteiger partial charge in [0.05, 0.1) is 7.11 Å². The van der Waals surface area contributed by atoms with Crippen LogP contribution in [0.5, 0.6) is 0 Å². The van der Waals surface area contributed by atoms with E-state index in [1.807, 2.05) is 24.3 Å². The molecule has 1 saturated heterocycles. The largest absolute Gasteiger partial charge is 0.466 e. The topological polar surface area (TPSA) is 38.8 Å². The predicted molar refractivity (Wildman–Crippen MR) is 60.2 cm³/mol. The quantitative estimate of drug-likeness (QED) is 0.461. The predicted octanol–water partition coefficient (Wildman–Crippen LogP) is 2.51. The van der Waals surface area contributed by atoms with E-state index in [9.17, 15) is 4.79 Å². The van der Waals surface area contributed by atoms with Gasteiger partial charge in [0.25, 0.3) is 0 Å². The Bertz CT molecular complexity index is 411. The zero-order valence-corrected chi connectivity index (χ0v) is 9.48. The maximum Gasteiger partial charge on any atom is 0.330 e. The lowest BCUT2D eigenvalue weighted by Gasteiger charge is -1.94. The minimum atomic E-state index is -0.370. The summed E-state index contributed by atoms with van der Waals surface area (Å²) in [5, 5.41) is 0.700. The SMILES string of the molecule is COC(=O)/C=C/[C@@H]1OC1c1ccc(Cl)cc1. The van der Waals surface area contributed by atoms with Crippen molar-refractivity contribution in [2.75, 3.05) is 7.11 Å². The summed E-state index contributed by atoms with van der Waals surface area (Å²) in [7, 11) is 1.34. The first kappa shape index (κ1) is 11.2. The molecule has 0 bridgehead atoms. The minimum absolute atomic E-state index is 0.0261. The molecule has 1 aromatic carbocycles. The lowest BCUT2D eigenvalue weighted by Crippen LogP contribution is -1.95. The lowest BCUT2D eigenvalue weighted by molar-refractivity contribution is -0.134. The second-order valence-electron chi connectivity index (χ2n) is 3.46. The molecular formula is C12H11ClO3. The van der Waals surface area contributed by atoms with E-state index in [0.717, 1.165) is 5.56 Å². The van der Waals surface area contributed by atoms with Gasteiger partial charge in [-0.2, -0.15) is 0 Å². The molecule has 1 unspecified atom stereocenters. The van der Waals surface area contributed by atoms with Crippen LogP contribution in [0.1, 0.15) is 11.7 Å². The molecule has 16 heavy (non-hydrogen) atoms. The number of esters is 1. The molecule has 1 aliphatic heterocycles. The van der Waals surface area contributed by atoms with Gasteiger partial charge < -0.3 is 9.47 Å². The van der Waals surface area contributed by atoms with Crippen LogP contribution in [-0.2, 0) is 14.3 Å². The molecule has 84 valence electrons.